The first-order valence-electron chi connectivity index (χ1n) is 8.63. The lowest BCUT2D eigenvalue weighted by atomic mass is 10.0. The molecule has 0 radical (unpaired) electrons. The molecule has 5 nitrogen and oxygen atoms in total. The van der Waals surface area contributed by atoms with Gasteiger partial charge < -0.3 is 20.7 Å². The summed E-state index contributed by atoms with van der Waals surface area (Å²) in [4.78, 5) is 11.9. The van der Waals surface area contributed by atoms with Crippen molar-refractivity contribution in [3.05, 3.63) is 0 Å². The number of rotatable bonds is 7. The van der Waals surface area contributed by atoms with Crippen molar-refractivity contribution in [3.8, 4) is 0 Å². The fourth-order valence-electron chi connectivity index (χ4n) is 2.71. The zero-order valence-electron chi connectivity index (χ0n) is 15.2. The van der Waals surface area contributed by atoms with Crippen LogP contribution in [-0.2, 0) is 4.74 Å². The molecule has 1 fully saturated rings. The third kappa shape index (κ3) is 7.99. The van der Waals surface area contributed by atoms with Crippen LogP contribution in [0.5, 0.6) is 0 Å². The minimum absolute atomic E-state index is 0.0776. The first-order chi connectivity index (χ1) is 10.2. The Morgan fingerprint density at radius 3 is 2.50 bits per heavy atom. The summed E-state index contributed by atoms with van der Waals surface area (Å²) in [5.41, 5.74) is -0.458. The van der Waals surface area contributed by atoms with Gasteiger partial charge in [0.1, 0.15) is 5.60 Å². The molecule has 1 amide bonds. The van der Waals surface area contributed by atoms with E-state index in [1.807, 2.05) is 20.8 Å². The zero-order valence-corrected chi connectivity index (χ0v) is 15.2. The standard InChI is InChI=1S/C17H35N3O2/c1-12(2)15(20-16(21)22-17(4,5)6)11-19-13(3)10-14-8-7-9-18-14/h12-15,18-19H,7-11H2,1-6H3,(H,20,21). The Morgan fingerprint density at radius 1 is 1.32 bits per heavy atom. The first kappa shape index (κ1) is 19.2. The van der Waals surface area contributed by atoms with Gasteiger partial charge in [-0.2, -0.15) is 0 Å². The predicted molar refractivity (Wildman–Crippen MR) is 91.1 cm³/mol. The van der Waals surface area contributed by atoms with Crippen LogP contribution < -0.4 is 16.0 Å². The molecule has 1 aliphatic heterocycles. The number of carbonyl (C=O) groups is 1. The fourth-order valence-corrected chi connectivity index (χ4v) is 2.71. The second-order valence-electron chi connectivity index (χ2n) is 7.84. The Hall–Kier alpha value is -0.810. The van der Waals surface area contributed by atoms with Crippen molar-refractivity contribution in [2.75, 3.05) is 13.1 Å². The van der Waals surface area contributed by atoms with E-state index in [1.165, 1.54) is 12.8 Å². The Morgan fingerprint density at radius 2 is 2.00 bits per heavy atom. The highest BCUT2D eigenvalue weighted by Crippen LogP contribution is 2.12. The van der Waals surface area contributed by atoms with E-state index in [1.54, 1.807) is 0 Å². The molecule has 0 bridgehead atoms. The minimum atomic E-state index is -0.458. The van der Waals surface area contributed by atoms with Gasteiger partial charge in [-0.15, -0.1) is 0 Å². The number of hydrogen-bond donors (Lipinski definition) is 3. The van der Waals surface area contributed by atoms with Crippen molar-refractivity contribution in [2.24, 2.45) is 5.92 Å². The lowest BCUT2D eigenvalue weighted by Crippen LogP contribution is -2.49. The van der Waals surface area contributed by atoms with Crippen LogP contribution in [0.2, 0.25) is 0 Å². The number of alkyl carbamates (subject to hydrolysis) is 1. The quantitative estimate of drug-likeness (QED) is 0.676. The molecule has 0 aliphatic carbocycles. The molecule has 0 saturated carbocycles. The van der Waals surface area contributed by atoms with E-state index in [-0.39, 0.29) is 12.1 Å². The Bertz CT molecular complexity index is 333. The highest BCUT2D eigenvalue weighted by Gasteiger charge is 2.22. The molecule has 3 unspecified atom stereocenters. The van der Waals surface area contributed by atoms with E-state index < -0.39 is 5.60 Å². The predicted octanol–water partition coefficient (Wildman–Crippen LogP) is 2.66. The van der Waals surface area contributed by atoms with Crippen LogP contribution in [0.1, 0.15) is 60.8 Å². The minimum Gasteiger partial charge on any atom is -0.444 e. The topological polar surface area (TPSA) is 62.4 Å². The summed E-state index contributed by atoms with van der Waals surface area (Å²) in [6.07, 6.45) is 3.36. The van der Waals surface area contributed by atoms with E-state index in [0.29, 0.717) is 18.0 Å². The maximum absolute atomic E-state index is 11.9. The average Bonchev–Trinajstić information content (AvgIpc) is 2.84. The lowest BCUT2D eigenvalue weighted by molar-refractivity contribution is 0.0489. The van der Waals surface area contributed by atoms with E-state index in [2.05, 4.69) is 36.7 Å². The molecule has 5 heteroatoms. The number of nitrogens with one attached hydrogen (secondary N) is 3. The van der Waals surface area contributed by atoms with Crippen LogP contribution in [0.15, 0.2) is 0 Å². The number of hydrogen-bond acceptors (Lipinski definition) is 4. The molecule has 0 aromatic rings. The summed E-state index contributed by atoms with van der Waals surface area (Å²) < 4.78 is 5.34. The summed E-state index contributed by atoms with van der Waals surface area (Å²) in [5, 5.41) is 10.1. The van der Waals surface area contributed by atoms with Crippen LogP contribution in [-0.4, -0.2) is 42.9 Å². The average molecular weight is 313 g/mol. The summed E-state index contributed by atoms with van der Waals surface area (Å²) in [7, 11) is 0. The van der Waals surface area contributed by atoms with Gasteiger partial charge in [0.05, 0.1) is 0 Å². The number of carbonyl (C=O) groups excluding carboxylic acids is 1. The van der Waals surface area contributed by atoms with Crippen molar-refractivity contribution in [3.63, 3.8) is 0 Å². The smallest absolute Gasteiger partial charge is 0.407 e. The van der Waals surface area contributed by atoms with Gasteiger partial charge >= 0.3 is 6.09 Å². The Labute approximate surface area is 135 Å². The summed E-state index contributed by atoms with van der Waals surface area (Å²) >= 11 is 0. The van der Waals surface area contributed by atoms with Crippen LogP contribution in [0.25, 0.3) is 0 Å². The van der Waals surface area contributed by atoms with E-state index in [4.69, 9.17) is 4.74 Å². The van der Waals surface area contributed by atoms with Gasteiger partial charge in [0.15, 0.2) is 0 Å². The molecule has 3 atom stereocenters. The monoisotopic (exact) mass is 313 g/mol. The molecule has 1 saturated heterocycles. The molecular weight excluding hydrogens is 278 g/mol. The van der Waals surface area contributed by atoms with Gasteiger partial charge in [0, 0.05) is 24.7 Å². The van der Waals surface area contributed by atoms with Crippen molar-refractivity contribution in [1.82, 2.24) is 16.0 Å². The molecule has 0 spiro atoms. The van der Waals surface area contributed by atoms with Gasteiger partial charge in [-0.1, -0.05) is 13.8 Å². The molecular formula is C17H35N3O2. The molecule has 130 valence electrons. The van der Waals surface area contributed by atoms with E-state index in [0.717, 1.165) is 19.5 Å². The second-order valence-corrected chi connectivity index (χ2v) is 7.84. The molecule has 22 heavy (non-hydrogen) atoms. The van der Waals surface area contributed by atoms with Gasteiger partial charge in [-0.05, 0) is 59.4 Å². The molecule has 1 rings (SSSR count). The third-order valence-corrected chi connectivity index (χ3v) is 3.99. The molecule has 1 heterocycles. The SMILES string of the molecule is CC(CC1CCCN1)NCC(NC(=O)OC(C)(C)C)C(C)C. The van der Waals surface area contributed by atoms with Crippen molar-refractivity contribution in [2.45, 2.75) is 84.5 Å². The largest absolute Gasteiger partial charge is 0.444 e. The first-order valence-corrected chi connectivity index (χ1v) is 8.63. The molecule has 3 N–H and O–H groups in total. The van der Waals surface area contributed by atoms with Crippen molar-refractivity contribution < 1.29 is 9.53 Å². The fraction of sp³-hybridized carbons (Fsp3) is 0.941. The Balaban J connectivity index is 2.35. The molecule has 0 aromatic carbocycles. The number of ether oxygens (including phenoxy) is 1. The Kier molecular flexibility index (Phi) is 7.63. The zero-order chi connectivity index (χ0) is 16.8. The number of amides is 1. The maximum Gasteiger partial charge on any atom is 0.407 e. The van der Waals surface area contributed by atoms with Gasteiger partial charge in [-0.3, -0.25) is 0 Å². The highest BCUT2D eigenvalue weighted by atomic mass is 16.6. The maximum atomic E-state index is 11.9. The normalized spacial score (nSPS) is 21.7. The van der Waals surface area contributed by atoms with Crippen LogP contribution in [0.4, 0.5) is 4.79 Å². The van der Waals surface area contributed by atoms with E-state index >= 15 is 0 Å². The van der Waals surface area contributed by atoms with Crippen LogP contribution >= 0.6 is 0 Å². The van der Waals surface area contributed by atoms with E-state index in [9.17, 15) is 4.79 Å². The summed E-state index contributed by atoms with van der Waals surface area (Å²) in [6.45, 7) is 14.0. The van der Waals surface area contributed by atoms with Crippen LogP contribution in [0.3, 0.4) is 0 Å². The molecule has 0 aromatic heterocycles. The van der Waals surface area contributed by atoms with Crippen molar-refractivity contribution in [1.29, 1.82) is 0 Å². The van der Waals surface area contributed by atoms with Gasteiger partial charge in [0.25, 0.3) is 0 Å². The van der Waals surface area contributed by atoms with Gasteiger partial charge in [0.2, 0.25) is 0 Å². The van der Waals surface area contributed by atoms with Crippen molar-refractivity contribution >= 4 is 6.09 Å². The second kappa shape index (κ2) is 8.73. The third-order valence-electron chi connectivity index (χ3n) is 3.99. The highest BCUT2D eigenvalue weighted by molar-refractivity contribution is 5.68. The molecule has 1 aliphatic rings. The van der Waals surface area contributed by atoms with Crippen LogP contribution in [0, 0.1) is 5.92 Å². The summed E-state index contributed by atoms with van der Waals surface area (Å²) in [6, 6.07) is 1.16. The summed E-state index contributed by atoms with van der Waals surface area (Å²) in [5.74, 6) is 0.358. The van der Waals surface area contributed by atoms with Gasteiger partial charge in [-0.25, -0.2) is 4.79 Å². The lowest BCUT2D eigenvalue weighted by Gasteiger charge is -2.27.